The van der Waals surface area contributed by atoms with Crippen LogP contribution in [-0.2, 0) is 9.68 Å². The average Bonchev–Trinajstić information content (AvgIpc) is 2.31. The topological polar surface area (TPSA) is 77.0 Å². The smallest absolute Gasteiger partial charge is 0.0679 e. The van der Waals surface area contributed by atoms with Crippen LogP contribution >= 0.6 is 24.8 Å². The number of nitrogens with two attached hydrogens (primary N) is 2. The first-order valence-corrected chi connectivity index (χ1v) is 6.47. The van der Waals surface area contributed by atoms with Gasteiger partial charge in [-0.25, -0.2) is 11.8 Å². The van der Waals surface area contributed by atoms with Crippen LogP contribution in [-0.4, -0.2) is 64.3 Å². The van der Waals surface area contributed by atoms with Crippen LogP contribution < -0.4 is 11.8 Å². The molecule has 0 unspecified atom stereocenters. The molecule has 0 rings (SSSR count). The summed E-state index contributed by atoms with van der Waals surface area (Å²) in [6.45, 7) is 3.58. The number of rotatable bonds is 10. The largest absolute Gasteiger partial charge is 0.309 e. The maximum absolute atomic E-state index is 4.83. The fourth-order valence-corrected chi connectivity index (χ4v) is 1.23. The minimum atomic E-state index is 0. The van der Waals surface area contributed by atoms with E-state index in [-0.39, 0.29) is 24.8 Å². The molecule has 0 atom stereocenters. The van der Waals surface area contributed by atoms with E-state index in [1.807, 2.05) is 0 Å². The van der Waals surface area contributed by atoms with E-state index in [4.69, 9.17) is 11.8 Å². The van der Waals surface area contributed by atoms with E-state index in [1.54, 1.807) is 0 Å². The van der Waals surface area contributed by atoms with Crippen LogP contribution in [0, 0.1) is 0 Å². The van der Waals surface area contributed by atoms with Crippen molar-refractivity contribution in [1.29, 1.82) is 0 Å². The molecule has 20 heavy (non-hydrogen) atoms. The van der Waals surface area contributed by atoms with Gasteiger partial charge in [-0.05, 0) is 67.0 Å². The molecule has 0 aliphatic carbocycles. The van der Waals surface area contributed by atoms with Crippen LogP contribution in [0.25, 0.3) is 0 Å². The lowest BCUT2D eigenvalue weighted by Crippen LogP contribution is -2.13. The van der Waals surface area contributed by atoms with E-state index >= 15 is 0 Å². The summed E-state index contributed by atoms with van der Waals surface area (Å²) in [5, 5.41) is 0. The van der Waals surface area contributed by atoms with Gasteiger partial charge in [-0.15, -0.1) is 24.8 Å². The van der Waals surface area contributed by atoms with E-state index in [1.165, 1.54) is 0 Å². The summed E-state index contributed by atoms with van der Waals surface area (Å²) in [5.74, 6) is 9.66. The second-order valence-electron chi connectivity index (χ2n) is 4.76. The van der Waals surface area contributed by atoms with Crippen molar-refractivity contribution < 1.29 is 9.68 Å². The van der Waals surface area contributed by atoms with Gasteiger partial charge in [0.15, 0.2) is 0 Å². The highest BCUT2D eigenvalue weighted by Crippen LogP contribution is 1.89. The summed E-state index contributed by atoms with van der Waals surface area (Å²) in [5.41, 5.74) is 0. The zero-order valence-electron chi connectivity index (χ0n) is 13.3. The summed E-state index contributed by atoms with van der Waals surface area (Å²) in [7, 11) is 8.24. The van der Waals surface area contributed by atoms with E-state index in [2.05, 4.69) is 47.7 Å². The van der Waals surface area contributed by atoms with Gasteiger partial charge in [0, 0.05) is 0 Å². The molecule has 0 fully saturated rings. The van der Waals surface area contributed by atoms with Crippen molar-refractivity contribution >= 4 is 24.8 Å². The van der Waals surface area contributed by atoms with Crippen LogP contribution in [0.5, 0.6) is 0 Å². The molecule has 0 aromatic heterocycles. The molecule has 4 N–H and O–H groups in total. The van der Waals surface area contributed by atoms with Crippen LogP contribution in [0.15, 0.2) is 0 Å². The molecule has 0 aliphatic rings. The Morgan fingerprint density at radius 2 is 0.950 bits per heavy atom. The molecule has 0 bridgehead atoms. The normalized spacial score (nSPS) is 9.60. The Labute approximate surface area is 136 Å². The highest BCUT2D eigenvalue weighted by molar-refractivity contribution is 5.85. The van der Waals surface area contributed by atoms with Gasteiger partial charge in [-0.3, -0.25) is 0 Å². The summed E-state index contributed by atoms with van der Waals surface area (Å²) < 4.78 is 0. The first-order chi connectivity index (χ1) is 8.54. The molecular formula is C12H34Cl2N4O2. The molecule has 0 saturated heterocycles. The molecule has 0 radical (unpaired) electrons. The Bertz CT molecular complexity index is 139. The zero-order valence-corrected chi connectivity index (χ0v) is 15.0. The molecule has 0 aromatic carbocycles. The first kappa shape index (κ1) is 28.5. The second-order valence-corrected chi connectivity index (χ2v) is 4.76. The van der Waals surface area contributed by atoms with Gasteiger partial charge in [0.2, 0.25) is 0 Å². The van der Waals surface area contributed by atoms with Crippen molar-refractivity contribution in [2.24, 2.45) is 11.8 Å². The second kappa shape index (κ2) is 24.4. The van der Waals surface area contributed by atoms with Crippen molar-refractivity contribution in [1.82, 2.24) is 9.80 Å². The minimum Gasteiger partial charge on any atom is -0.309 e. The third kappa shape index (κ3) is 36.2. The first-order valence-electron chi connectivity index (χ1n) is 6.47. The van der Waals surface area contributed by atoms with Crippen molar-refractivity contribution in [2.75, 3.05) is 54.5 Å². The summed E-state index contributed by atoms with van der Waals surface area (Å²) in [4.78, 5) is 13.1. The van der Waals surface area contributed by atoms with Crippen LogP contribution in [0.2, 0.25) is 0 Å². The van der Waals surface area contributed by atoms with Crippen molar-refractivity contribution in [2.45, 2.75) is 25.7 Å². The van der Waals surface area contributed by atoms with Crippen LogP contribution in [0.4, 0.5) is 0 Å². The summed E-state index contributed by atoms with van der Waals surface area (Å²) >= 11 is 0. The van der Waals surface area contributed by atoms with Crippen LogP contribution in [0.3, 0.4) is 0 Å². The lowest BCUT2D eigenvalue weighted by molar-refractivity contribution is 0.132. The fraction of sp³-hybridized carbons (Fsp3) is 1.00. The molecule has 0 saturated carbocycles. The molecule has 128 valence electrons. The standard InChI is InChI=1S/2C6H16N2O.2ClH/c2*1-8(2)5-3-4-6-9-7;;/h2*3-7H2,1-2H3;2*1H. The third-order valence-electron chi connectivity index (χ3n) is 2.24. The Morgan fingerprint density at radius 1 is 0.650 bits per heavy atom. The van der Waals surface area contributed by atoms with Gasteiger partial charge in [-0.2, -0.15) is 0 Å². The van der Waals surface area contributed by atoms with Gasteiger partial charge in [-0.1, -0.05) is 0 Å². The quantitative estimate of drug-likeness (QED) is 0.462. The Morgan fingerprint density at radius 3 is 1.15 bits per heavy atom. The maximum Gasteiger partial charge on any atom is 0.0679 e. The number of hydrogen-bond acceptors (Lipinski definition) is 6. The van der Waals surface area contributed by atoms with E-state index in [0.717, 1.165) is 38.8 Å². The lowest BCUT2D eigenvalue weighted by atomic mass is 10.3. The maximum atomic E-state index is 4.83. The number of halogens is 2. The highest BCUT2D eigenvalue weighted by atomic mass is 35.5. The number of hydrogen-bond donors (Lipinski definition) is 2. The summed E-state index contributed by atoms with van der Waals surface area (Å²) in [6.07, 6.45) is 4.41. The monoisotopic (exact) mass is 336 g/mol. The van der Waals surface area contributed by atoms with Crippen LogP contribution in [0.1, 0.15) is 25.7 Å². The lowest BCUT2D eigenvalue weighted by Gasteiger charge is -2.07. The van der Waals surface area contributed by atoms with Crippen molar-refractivity contribution in [3.05, 3.63) is 0 Å². The molecule has 0 aromatic rings. The summed E-state index contributed by atoms with van der Waals surface area (Å²) in [6, 6.07) is 0. The van der Waals surface area contributed by atoms with E-state index < -0.39 is 0 Å². The van der Waals surface area contributed by atoms with Crippen molar-refractivity contribution in [3.8, 4) is 0 Å². The molecule has 0 spiro atoms. The molecule has 6 nitrogen and oxygen atoms in total. The van der Waals surface area contributed by atoms with Gasteiger partial charge in [0.05, 0.1) is 13.2 Å². The molecular weight excluding hydrogens is 303 g/mol. The van der Waals surface area contributed by atoms with Gasteiger partial charge >= 0.3 is 0 Å². The number of nitrogens with zero attached hydrogens (tertiary/aromatic N) is 2. The molecule has 0 amide bonds. The molecule has 0 aliphatic heterocycles. The minimum absolute atomic E-state index is 0. The van der Waals surface area contributed by atoms with Gasteiger partial charge in [0.1, 0.15) is 0 Å². The zero-order chi connectivity index (χ0) is 14.2. The van der Waals surface area contributed by atoms with E-state index in [0.29, 0.717) is 13.2 Å². The van der Waals surface area contributed by atoms with Gasteiger partial charge < -0.3 is 19.5 Å². The van der Waals surface area contributed by atoms with Gasteiger partial charge in [0.25, 0.3) is 0 Å². The SMILES string of the molecule is CN(C)CCCCON.CN(C)CCCCON.Cl.Cl. The predicted octanol–water partition coefficient (Wildman–Crippen LogP) is 1.28. The molecule has 8 heteroatoms. The van der Waals surface area contributed by atoms with Crippen molar-refractivity contribution in [3.63, 3.8) is 0 Å². The van der Waals surface area contributed by atoms with E-state index in [9.17, 15) is 0 Å². The third-order valence-corrected chi connectivity index (χ3v) is 2.24. The average molecular weight is 337 g/mol. The molecule has 0 heterocycles. The highest BCUT2D eigenvalue weighted by Gasteiger charge is 1.89. The fourth-order valence-electron chi connectivity index (χ4n) is 1.23. The Hall–Kier alpha value is 0.340. The number of unbranched alkanes of at least 4 members (excludes halogenated alkanes) is 2. The Kier molecular flexibility index (Phi) is 34.7. The predicted molar refractivity (Wildman–Crippen MR) is 90.4 cm³/mol. The Balaban J connectivity index is -0.000000116.